The number of hydrogen-bond donors (Lipinski definition) is 0. The minimum absolute atomic E-state index is 0.0953. The first-order valence-electron chi connectivity index (χ1n) is 8.95. The Morgan fingerprint density at radius 2 is 1.68 bits per heavy atom. The fraction of sp³-hybridized carbons (Fsp3) is 0.842. The Balaban J connectivity index is 1.67. The highest BCUT2D eigenvalue weighted by molar-refractivity contribution is 6.41. The summed E-state index contributed by atoms with van der Waals surface area (Å²) >= 11 is 0. The number of carbonyl (C=O) groups is 3. The second-order valence-corrected chi connectivity index (χ2v) is 8.81. The molecular weight excluding hydrogens is 276 g/mol. The first-order valence-corrected chi connectivity index (χ1v) is 8.95. The molecule has 3 heteroatoms. The van der Waals surface area contributed by atoms with Crippen LogP contribution in [0.2, 0.25) is 0 Å². The lowest BCUT2D eigenvalue weighted by atomic mass is 9.45. The molecule has 120 valence electrons. The van der Waals surface area contributed by atoms with E-state index >= 15 is 0 Å². The maximum Gasteiger partial charge on any atom is 0.204 e. The number of hydrogen-bond acceptors (Lipinski definition) is 3. The van der Waals surface area contributed by atoms with Crippen LogP contribution in [0, 0.1) is 34.5 Å². The smallest absolute Gasteiger partial charge is 0.204 e. The summed E-state index contributed by atoms with van der Waals surface area (Å²) < 4.78 is 0. The highest BCUT2D eigenvalue weighted by Gasteiger charge is 2.62. The normalized spacial score (nSPS) is 51.3. The minimum atomic E-state index is -0.383. The van der Waals surface area contributed by atoms with Gasteiger partial charge in [0.1, 0.15) is 5.78 Å². The molecular formula is C19H26O3. The van der Waals surface area contributed by atoms with E-state index in [4.69, 9.17) is 0 Å². The van der Waals surface area contributed by atoms with Crippen LogP contribution in [-0.4, -0.2) is 17.3 Å². The van der Waals surface area contributed by atoms with Crippen molar-refractivity contribution in [3.63, 3.8) is 0 Å². The predicted octanol–water partition coefficient (Wildman–Crippen LogP) is 3.35. The summed E-state index contributed by atoms with van der Waals surface area (Å²) in [6.07, 6.45) is 7.16. The molecule has 0 N–H and O–H groups in total. The quantitative estimate of drug-likeness (QED) is 0.645. The molecule has 0 aromatic rings. The van der Waals surface area contributed by atoms with Crippen molar-refractivity contribution in [2.45, 2.75) is 65.2 Å². The molecule has 4 aliphatic carbocycles. The summed E-state index contributed by atoms with van der Waals surface area (Å²) in [6, 6.07) is 0. The summed E-state index contributed by atoms with van der Waals surface area (Å²) in [7, 11) is 0. The highest BCUT2D eigenvalue weighted by atomic mass is 16.2. The Labute approximate surface area is 132 Å². The van der Waals surface area contributed by atoms with Crippen molar-refractivity contribution in [1.82, 2.24) is 0 Å². The van der Waals surface area contributed by atoms with E-state index in [1.54, 1.807) is 0 Å². The molecule has 0 aromatic heterocycles. The predicted molar refractivity (Wildman–Crippen MR) is 82.1 cm³/mol. The van der Waals surface area contributed by atoms with Crippen LogP contribution < -0.4 is 0 Å². The Hall–Kier alpha value is -0.990. The molecule has 0 aliphatic heterocycles. The van der Waals surface area contributed by atoms with Gasteiger partial charge in [-0.05, 0) is 61.2 Å². The van der Waals surface area contributed by atoms with Gasteiger partial charge in [-0.1, -0.05) is 13.8 Å². The molecule has 0 radical (unpaired) electrons. The topological polar surface area (TPSA) is 51.2 Å². The lowest BCUT2D eigenvalue weighted by Crippen LogP contribution is -2.53. The van der Waals surface area contributed by atoms with Gasteiger partial charge < -0.3 is 0 Å². The van der Waals surface area contributed by atoms with Crippen molar-refractivity contribution in [2.75, 3.05) is 0 Å². The summed E-state index contributed by atoms with van der Waals surface area (Å²) in [5.41, 5.74) is -0.126. The largest absolute Gasteiger partial charge is 0.300 e. The van der Waals surface area contributed by atoms with Crippen molar-refractivity contribution >= 4 is 17.3 Å². The maximum atomic E-state index is 12.3. The summed E-state index contributed by atoms with van der Waals surface area (Å²) in [6.45, 7) is 4.43. The van der Waals surface area contributed by atoms with Gasteiger partial charge in [-0.2, -0.15) is 0 Å². The molecule has 0 amide bonds. The van der Waals surface area contributed by atoms with Crippen LogP contribution in [0.15, 0.2) is 0 Å². The summed E-state index contributed by atoms with van der Waals surface area (Å²) in [5, 5.41) is 0. The molecule has 4 fully saturated rings. The van der Waals surface area contributed by atoms with Crippen molar-refractivity contribution < 1.29 is 14.4 Å². The van der Waals surface area contributed by atoms with Gasteiger partial charge in [-0.15, -0.1) is 0 Å². The molecule has 22 heavy (non-hydrogen) atoms. The number of fused-ring (bicyclic) bond motifs is 5. The van der Waals surface area contributed by atoms with E-state index in [1.165, 1.54) is 0 Å². The first-order chi connectivity index (χ1) is 10.4. The van der Waals surface area contributed by atoms with Crippen molar-refractivity contribution in [3.05, 3.63) is 0 Å². The Morgan fingerprint density at radius 3 is 2.45 bits per heavy atom. The summed E-state index contributed by atoms with van der Waals surface area (Å²) in [4.78, 5) is 36.2. The minimum Gasteiger partial charge on any atom is -0.300 e. The van der Waals surface area contributed by atoms with Crippen molar-refractivity contribution in [3.8, 4) is 0 Å². The second kappa shape index (κ2) is 4.52. The molecule has 4 aliphatic rings. The van der Waals surface area contributed by atoms with Crippen LogP contribution >= 0.6 is 0 Å². The molecule has 0 unspecified atom stereocenters. The van der Waals surface area contributed by atoms with Gasteiger partial charge >= 0.3 is 0 Å². The van der Waals surface area contributed by atoms with Crippen LogP contribution in [0.1, 0.15) is 65.2 Å². The molecule has 0 bridgehead atoms. The second-order valence-electron chi connectivity index (χ2n) is 8.81. The molecule has 6 atom stereocenters. The Morgan fingerprint density at radius 1 is 0.909 bits per heavy atom. The van der Waals surface area contributed by atoms with Crippen molar-refractivity contribution in [1.29, 1.82) is 0 Å². The molecule has 0 saturated heterocycles. The third-order valence-corrected chi connectivity index (χ3v) is 8.05. The third-order valence-electron chi connectivity index (χ3n) is 8.05. The Bertz CT molecular complexity index is 565. The van der Waals surface area contributed by atoms with E-state index in [2.05, 4.69) is 6.92 Å². The first kappa shape index (κ1) is 14.6. The van der Waals surface area contributed by atoms with E-state index < -0.39 is 0 Å². The van der Waals surface area contributed by atoms with E-state index in [1.807, 2.05) is 6.92 Å². The number of ketones is 3. The lowest BCUT2D eigenvalue weighted by molar-refractivity contribution is -0.146. The van der Waals surface area contributed by atoms with Gasteiger partial charge in [0.25, 0.3) is 0 Å². The molecule has 3 nitrogen and oxygen atoms in total. The van der Waals surface area contributed by atoms with E-state index in [0.717, 1.165) is 44.9 Å². The molecule has 0 aromatic carbocycles. The van der Waals surface area contributed by atoms with Gasteiger partial charge in [-0.25, -0.2) is 0 Å². The van der Waals surface area contributed by atoms with E-state index in [-0.39, 0.29) is 28.3 Å². The van der Waals surface area contributed by atoms with Gasteiger partial charge in [0, 0.05) is 24.7 Å². The number of rotatable bonds is 0. The Kier molecular flexibility index (Phi) is 3.00. The molecule has 4 saturated carbocycles. The monoisotopic (exact) mass is 302 g/mol. The maximum absolute atomic E-state index is 12.3. The lowest BCUT2D eigenvalue weighted by Gasteiger charge is -2.59. The SMILES string of the molecule is C[C@]12CCC(=O)C[C@@H]1CC[C@@H]1[C@@H]2CC[C@]2(C)C(=O)C(=O)C[C@@H]12. The molecule has 4 rings (SSSR count). The van der Waals surface area contributed by atoms with Crippen LogP contribution in [0.4, 0.5) is 0 Å². The average molecular weight is 302 g/mol. The van der Waals surface area contributed by atoms with Crippen LogP contribution in [0.5, 0.6) is 0 Å². The third kappa shape index (κ3) is 1.71. The van der Waals surface area contributed by atoms with Gasteiger partial charge in [-0.3, -0.25) is 14.4 Å². The zero-order valence-corrected chi connectivity index (χ0v) is 13.7. The van der Waals surface area contributed by atoms with Gasteiger partial charge in [0.05, 0.1) is 0 Å². The van der Waals surface area contributed by atoms with Crippen molar-refractivity contribution in [2.24, 2.45) is 34.5 Å². The van der Waals surface area contributed by atoms with E-state index in [0.29, 0.717) is 30.0 Å². The number of carbonyl (C=O) groups excluding carboxylic acids is 3. The highest BCUT2D eigenvalue weighted by Crippen LogP contribution is 2.64. The van der Waals surface area contributed by atoms with Crippen LogP contribution in [0.3, 0.4) is 0 Å². The summed E-state index contributed by atoms with van der Waals surface area (Å²) in [5.74, 6) is 2.14. The molecule has 0 spiro atoms. The van der Waals surface area contributed by atoms with E-state index in [9.17, 15) is 14.4 Å². The van der Waals surface area contributed by atoms with Crippen LogP contribution in [0.25, 0.3) is 0 Å². The average Bonchev–Trinajstić information content (AvgIpc) is 2.72. The van der Waals surface area contributed by atoms with Crippen LogP contribution in [-0.2, 0) is 14.4 Å². The molecule has 0 heterocycles. The zero-order valence-electron chi connectivity index (χ0n) is 13.7. The number of Topliss-reactive ketones (excluding diaryl/α,β-unsaturated/α-hetero) is 3. The fourth-order valence-electron chi connectivity index (χ4n) is 6.63. The van der Waals surface area contributed by atoms with Gasteiger partial charge in [0.2, 0.25) is 5.78 Å². The van der Waals surface area contributed by atoms with Gasteiger partial charge in [0.15, 0.2) is 5.78 Å². The fourth-order valence-corrected chi connectivity index (χ4v) is 6.63. The standard InChI is InChI=1S/C19H26O3/c1-18-7-5-12(20)9-11(18)3-4-13-14(18)6-8-19(2)15(13)10-16(21)17(19)22/h11,13-15H,3-10H2,1-2H3/t11-,13+,14-,15-,18-,19-/m0/s1. The zero-order chi connectivity index (χ0) is 15.7.